The van der Waals surface area contributed by atoms with Gasteiger partial charge in [-0.15, -0.1) is 0 Å². The molecule has 0 amide bonds. The van der Waals surface area contributed by atoms with E-state index in [0.717, 1.165) is 12.8 Å². The van der Waals surface area contributed by atoms with Crippen molar-refractivity contribution in [3.63, 3.8) is 0 Å². The van der Waals surface area contributed by atoms with Gasteiger partial charge in [-0.25, -0.2) is 4.57 Å². The second-order valence-electron chi connectivity index (χ2n) is 6.61. The molecule has 0 saturated carbocycles. The Morgan fingerprint density at radius 1 is 0.654 bits per heavy atom. The molecular weight excluding hydrogens is 366 g/mol. The third-order valence-corrected chi connectivity index (χ3v) is 3.99. The van der Waals surface area contributed by atoms with E-state index in [1.54, 1.807) is 0 Å². The molecule has 154 valence electrons. The molecule has 0 fully saturated rings. The van der Waals surface area contributed by atoms with Crippen LogP contribution in [0.1, 0.15) is 110 Å². The van der Waals surface area contributed by atoms with Crippen molar-refractivity contribution in [3.8, 4) is 0 Å². The maximum absolute atomic E-state index is 10.3. The van der Waals surface area contributed by atoms with Gasteiger partial charge in [0.25, 0.3) is 0 Å². The SMILES string of the molecule is CCCCCCCCCCCCCCCCCC(=O)O.O=P(O)(O)O.[NaH]. The molecule has 0 unspecified atom stereocenters. The fraction of sp³-hybridized carbons (Fsp3) is 0.944. The summed E-state index contributed by atoms with van der Waals surface area (Å²) in [6.07, 6.45) is 20.2. The number of phosphoric acid groups is 1. The summed E-state index contributed by atoms with van der Waals surface area (Å²) in [4.78, 5) is 31.9. The zero-order valence-corrected chi connectivity index (χ0v) is 16.8. The summed E-state index contributed by atoms with van der Waals surface area (Å²) in [5.41, 5.74) is 0. The van der Waals surface area contributed by atoms with Crippen molar-refractivity contribution in [2.24, 2.45) is 0 Å². The summed E-state index contributed by atoms with van der Waals surface area (Å²) in [5, 5.41) is 8.52. The van der Waals surface area contributed by atoms with Crippen LogP contribution in [0.15, 0.2) is 0 Å². The molecular formula is C18H40NaO6P. The van der Waals surface area contributed by atoms with E-state index < -0.39 is 13.8 Å². The van der Waals surface area contributed by atoms with Gasteiger partial charge in [-0.2, -0.15) is 0 Å². The Bertz CT molecular complexity index is 327. The van der Waals surface area contributed by atoms with Gasteiger partial charge < -0.3 is 19.8 Å². The quantitative estimate of drug-likeness (QED) is 0.167. The van der Waals surface area contributed by atoms with Crippen molar-refractivity contribution in [1.29, 1.82) is 0 Å². The van der Waals surface area contributed by atoms with Crippen molar-refractivity contribution in [2.45, 2.75) is 110 Å². The fourth-order valence-electron chi connectivity index (χ4n) is 2.65. The molecule has 0 spiro atoms. The third-order valence-electron chi connectivity index (χ3n) is 3.99. The number of carboxylic acid groups (broad SMARTS) is 1. The molecule has 0 aromatic rings. The molecule has 0 saturated heterocycles. The molecule has 0 aliphatic heterocycles. The Kier molecular flexibility index (Phi) is 28.4. The molecule has 8 heteroatoms. The number of rotatable bonds is 16. The average molecular weight is 406 g/mol. The summed E-state index contributed by atoms with van der Waals surface area (Å²) < 4.78 is 8.88. The summed E-state index contributed by atoms with van der Waals surface area (Å²) in [5.74, 6) is -0.653. The number of hydrogen-bond donors (Lipinski definition) is 4. The van der Waals surface area contributed by atoms with Crippen LogP contribution in [0.3, 0.4) is 0 Å². The molecule has 0 rings (SSSR count). The number of hydrogen-bond acceptors (Lipinski definition) is 2. The van der Waals surface area contributed by atoms with Gasteiger partial charge in [0.15, 0.2) is 0 Å². The molecule has 0 atom stereocenters. The Balaban J connectivity index is -0.000000772. The Hall–Kier alpha value is 0.580. The zero-order chi connectivity index (χ0) is 19.4. The predicted octanol–water partition coefficient (Wildman–Crippen LogP) is 4.76. The van der Waals surface area contributed by atoms with Crippen molar-refractivity contribution >= 4 is 43.3 Å². The predicted molar refractivity (Wildman–Crippen MR) is 109 cm³/mol. The van der Waals surface area contributed by atoms with Crippen LogP contribution in [0, 0.1) is 0 Å². The van der Waals surface area contributed by atoms with Crippen molar-refractivity contribution in [2.75, 3.05) is 0 Å². The summed E-state index contributed by atoms with van der Waals surface area (Å²) in [6, 6.07) is 0. The fourth-order valence-corrected chi connectivity index (χ4v) is 2.65. The van der Waals surface area contributed by atoms with Crippen LogP contribution in [0.4, 0.5) is 0 Å². The first-order valence-corrected chi connectivity index (χ1v) is 11.3. The number of carboxylic acids is 1. The third kappa shape index (κ3) is 44.2. The topological polar surface area (TPSA) is 115 Å². The van der Waals surface area contributed by atoms with Gasteiger partial charge >= 0.3 is 43.3 Å². The molecule has 0 aromatic heterocycles. The van der Waals surface area contributed by atoms with Crippen LogP contribution < -0.4 is 0 Å². The molecule has 0 bridgehead atoms. The van der Waals surface area contributed by atoms with E-state index in [0.29, 0.717) is 6.42 Å². The molecule has 0 heterocycles. The van der Waals surface area contributed by atoms with E-state index in [-0.39, 0.29) is 29.6 Å². The van der Waals surface area contributed by atoms with Crippen LogP contribution in [-0.2, 0) is 9.36 Å². The van der Waals surface area contributed by atoms with Crippen LogP contribution in [0.2, 0.25) is 0 Å². The van der Waals surface area contributed by atoms with Gasteiger partial charge in [0.1, 0.15) is 0 Å². The van der Waals surface area contributed by atoms with Crippen molar-refractivity contribution in [3.05, 3.63) is 0 Å². The second-order valence-corrected chi connectivity index (χ2v) is 7.63. The minimum atomic E-state index is -4.64. The van der Waals surface area contributed by atoms with E-state index in [4.69, 9.17) is 24.4 Å². The van der Waals surface area contributed by atoms with Crippen molar-refractivity contribution < 1.29 is 29.1 Å². The van der Waals surface area contributed by atoms with Crippen LogP contribution in [-0.4, -0.2) is 55.3 Å². The number of carbonyl (C=O) groups is 1. The first-order valence-electron chi connectivity index (χ1n) is 9.77. The van der Waals surface area contributed by atoms with Gasteiger partial charge in [0.05, 0.1) is 0 Å². The van der Waals surface area contributed by atoms with Gasteiger partial charge in [-0.3, -0.25) is 4.79 Å². The Morgan fingerprint density at radius 2 is 0.885 bits per heavy atom. The summed E-state index contributed by atoms with van der Waals surface area (Å²) in [6.45, 7) is 2.27. The monoisotopic (exact) mass is 406 g/mol. The zero-order valence-electron chi connectivity index (χ0n) is 15.9. The molecule has 0 aliphatic rings. The second kappa shape index (κ2) is 23.6. The standard InChI is InChI=1S/C18H36O2.Na.H3O4P.H/c1-2-3-4-5-6-7-8-9-10-11-12-13-14-15-16-17-18(19)20;;1-5(2,3)4;/h2-17H2,1H3,(H,19,20);;(H3,1,2,3,4);. The van der Waals surface area contributed by atoms with Gasteiger partial charge in [0.2, 0.25) is 0 Å². The van der Waals surface area contributed by atoms with E-state index >= 15 is 0 Å². The van der Waals surface area contributed by atoms with Crippen molar-refractivity contribution in [1.82, 2.24) is 0 Å². The first kappa shape index (κ1) is 31.3. The first-order chi connectivity index (χ1) is 11.8. The molecule has 0 aromatic carbocycles. The van der Waals surface area contributed by atoms with E-state index in [1.165, 1.54) is 83.5 Å². The van der Waals surface area contributed by atoms with Gasteiger partial charge in [0, 0.05) is 6.42 Å². The average Bonchev–Trinajstić information content (AvgIpc) is 2.49. The van der Waals surface area contributed by atoms with Gasteiger partial charge in [-0.1, -0.05) is 96.8 Å². The van der Waals surface area contributed by atoms with Crippen LogP contribution in [0.5, 0.6) is 0 Å². The number of aliphatic carboxylic acids is 1. The Morgan fingerprint density at radius 3 is 1.12 bits per heavy atom. The van der Waals surface area contributed by atoms with Crippen LogP contribution in [0.25, 0.3) is 0 Å². The van der Waals surface area contributed by atoms with E-state index in [2.05, 4.69) is 6.92 Å². The Labute approximate surface area is 181 Å². The normalized spacial score (nSPS) is 10.6. The van der Waals surface area contributed by atoms with E-state index in [1.807, 2.05) is 0 Å². The summed E-state index contributed by atoms with van der Waals surface area (Å²) >= 11 is 0. The van der Waals surface area contributed by atoms with Gasteiger partial charge in [-0.05, 0) is 6.42 Å². The maximum atomic E-state index is 10.3. The molecule has 0 radical (unpaired) electrons. The summed E-state index contributed by atoms with van der Waals surface area (Å²) in [7, 11) is -4.64. The van der Waals surface area contributed by atoms with E-state index in [9.17, 15) is 4.79 Å². The molecule has 6 nitrogen and oxygen atoms in total. The number of unbranched alkanes of at least 4 members (excludes halogenated alkanes) is 14. The minimum absolute atomic E-state index is 0. The molecule has 0 aliphatic carbocycles. The van der Waals surface area contributed by atoms with Crippen LogP contribution >= 0.6 is 7.82 Å². The molecule has 26 heavy (non-hydrogen) atoms. The molecule has 4 N–H and O–H groups in total.